The zero-order chi connectivity index (χ0) is 3.41. The van der Waals surface area contributed by atoms with Gasteiger partial charge in [0.1, 0.15) is 0 Å². The summed E-state index contributed by atoms with van der Waals surface area (Å²) in [5, 5.41) is 0. The van der Waals surface area contributed by atoms with Gasteiger partial charge in [0, 0.05) is 0 Å². The number of azide groups is 1. The SMILES string of the molecule is [N-]=[N+]=[N][GaH2]. The molecule has 0 aliphatic heterocycles. The van der Waals surface area contributed by atoms with Gasteiger partial charge in [-0.25, -0.2) is 0 Å². The zero-order valence-corrected chi connectivity index (χ0v) is 6.54. The zero-order valence-electron chi connectivity index (χ0n) is 2.34. The summed E-state index contributed by atoms with van der Waals surface area (Å²) < 4.78 is 3.10. The Labute approximate surface area is 33.8 Å². The van der Waals surface area contributed by atoms with Crippen LogP contribution in [0.3, 0.4) is 0 Å². The Balaban J connectivity index is 3.11. The van der Waals surface area contributed by atoms with E-state index in [9.17, 15) is 0 Å². The number of hydrogen-bond acceptors (Lipinski definition) is 1. The molecule has 0 rings (SSSR count). The van der Waals surface area contributed by atoms with Crippen LogP contribution in [0.5, 0.6) is 0 Å². The molecule has 0 saturated carbocycles. The van der Waals surface area contributed by atoms with Gasteiger partial charge >= 0.3 is 33.1 Å². The Bertz CT molecular complexity index is 41.2. The molecule has 0 amide bonds. The molecule has 20 valence electrons. The molecule has 0 aliphatic rings. The van der Waals surface area contributed by atoms with Gasteiger partial charge in [0.05, 0.1) is 0 Å². The van der Waals surface area contributed by atoms with Crippen LogP contribution in [0.2, 0.25) is 0 Å². The van der Waals surface area contributed by atoms with Gasteiger partial charge in [-0.2, -0.15) is 0 Å². The van der Waals surface area contributed by atoms with Crippen molar-refractivity contribution in [2.24, 2.45) is 3.82 Å². The van der Waals surface area contributed by atoms with Crippen LogP contribution in [0.15, 0.2) is 3.82 Å². The van der Waals surface area contributed by atoms with Crippen molar-refractivity contribution < 1.29 is 0 Å². The van der Waals surface area contributed by atoms with E-state index in [-0.39, 0.29) is 0 Å². The van der Waals surface area contributed by atoms with Crippen molar-refractivity contribution in [1.82, 2.24) is 0 Å². The van der Waals surface area contributed by atoms with E-state index in [0.717, 1.165) is 0 Å². The fourth-order valence-corrected chi connectivity index (χ4v) is 0. The molecular formula is H2GaN3. The third-order valence-electron chi connectivity index (χ3n) is 0.0894. The minimum absolute atomic E-state index is 0.321. The van der Waals surface area contributed by atoms with Crippen LogP contribution in [0.1, 0.15) is 0 Å². The van der Waals surface area contributed by atoms with Gasteiger partial charge in [-0.3, -0.25) is 0 Å². The van der Waals surface area contributed by atoms with E-state index in [1.54, 1.807) is 0 Å². The predicted molar refractivity (Wildman–Crippen MR) is 17.7 cm³/mol. The van der Waals surface area contributed by atoms with Crippen LogP contribution in [0.4, 0.5) is 0 Å². The van der Waals surface area contributed by atoms with Gasteiger partial charge < -0.3 is 0 Å². The number of hydrogen-bond donors (Lipinski definition) is 0. The summed E-state index contributed by atoms with van der Waals surface area (Å²) in [7, 11) is 0. The van der Waals surface area contributed by atoms with Crippen LogP contribution in [0, 0.1) is 0 Å². The third kappa shape index (κ3) is 1.95. The van der Waals surface area contributed by atoms with Crippen LogP contribution in [-0.4, -0.2) is 18.8 Å². The molecule has 0 fully saturated rings. The van der Waals surface area contributed by atoms with Crippen LogP contribution in [-0.2, 0) is 0 Å². The Hall–Kier alpha value is -0.0536. The van der Waals surface area contributed by atoms with Crippen molar-refractivity contribution >= 4 is 18.8 Å². The van der Waals surface area contributed by atoms with Gasteiger partial charge in [0.15, 0.2) is 0 Å². The van der Waals surface area contributed by atoms with E-state index in [4.69, 9.17) is 5.53 Å². The van der Waals surface area contributed by atoms with Gasteiger partial charge in [-0.15, -0.1) is 0 Å². The molecule has 0 aromatic carbocycles. The quantitative estimate of drug-likeness (QED) is 0.182. The van der Waals surface area contributed by atoms with E-state index < -0.39 is 0 Å². The van der Waals surface area contributed by atoms with Crippen LogP contribution in [0.25, 0.3) is 10.4 Å². The molecule has 0 spiro atoms. The third-order valence-corrected chi connectivity index (χ3v) is 0.465. The fraction of sp³-hybridized carbons (Fsp3) is 0. The fourth-order valence-electron chi connectivity index (χ4n) is 0. The summed E-state index contributed by atoms with van der Waals surface area (Å²) in [6, 6.07) is 0. The average Bonchev–Trinajstić information content (AvgIpc) is 1.37. The Morgan fingerprint density at radius 3 is 2.25 bits per heavy atom. The molecule has 0 aromatic heterocycles. The number of rotatable bonds is 0. The van der Waals surface area contributed by atoms with Gasteiger partial charge in [0.25, 0.3) is 0 Å². The second-order valence-electron chi connectivity index (χ2n) is 0.289. The summed E-state index contributed by atoms with van der Waals surface area (Å²) in [5.74, 6) is 0. The molecule has 4 heteroatoms. The molecule has 0 bridgehead atoms. The molecule has 0 saturated heterocycles. The van der Waals surface area contributed by atoms with Crippen molar-refractivity contribution in [2.45, 2.75) is 0 Å². The second-order valence-corrected chi connectivity index (χ2v) is 1.13. The van der Waals surface area contributed by atoms with Crippen molar-refractivity contribution in [2.75, 3.05) is 0 Å². The Kier molecular flexibility index (Phi) is 2.91. The minimum atomic E-state index is 0.321. The van der Waals surface area contributed by atoms with Crippen LogP contribution < -0.4 is 0 Å². The molecule has 3 nitrogen and oxygen atoms in total. The Morgan fingerprint density at radius 1 is 2.00 bits per heavy atom. The van der Waals surface area contributed by atoms with E-state index in [1.165, 1.54) is 0 Å². The van der Waals surface area contributed by atoms with Crippen molar-refractivity contribution in [1.29, 1.82) is 0 Å². The van der Waals surface area contributed by atoms with E-state index in [2.05, 4.69) is 8.73 Å². The normalized spacial score (nSPS) is 4.00. The topological polar surface area (TPSA) is 48.8 Å². The standard InChI is InChI=1S/Ga.N3.2H/c;1-3-2;;/q+1;-1;;. The van der Waals surface area contributed by atoms with Gasteiger partial charge in [-0.1, -0.05) is 0 Å². The Morgan fingerprint density at radius 2 is 2.25 bits per heavy atom. The first-order valence-electron chi connectivity index (χ1n) is 0.847. The molecular weight excluding hydrogens is 112 g/mol. The maximum atomic E-state index is 7.38. The summed E-state index contributed by atoms with van der Waals surface area (Å²) in [4.78, 5) is 2.44. The predicted octanol–water partition coefficient (Wildman–Crippen LogP) is -0.155. The molecule has 0 heterocycles. The molecule has 0 aliphatic carbocycles. The summed E-state index contributed by atoms with van der Waals surface area (Å²) >= 11 is 0.321. The summed E-state index contributed by atoms with van der Waals surface area (Å²) in [6.07, 6.45) is 0. The molecule has 4 heavy (non-hydrogen) atoms. The molecule has 0 N–H and O–H groups in total. The second kappa shape index (κ2) is 2.95. The number of nitrogens with zero attached hydrogens (tertiary/aromatic N) is 3. The van der Waals surface area contributed by atoms with Crippen molar-refractivity contribution in [3.63, 3.8) is 0 Å². The average molecular weight is 114 g/mol. The van der Waals surface area contributed by atoms with E-state index >= 15 is 0 Å². The molecule has 0 atom stereocenters. The molecule has 0 radical (unpaired) electrons. The van der Waals surface area contributed by atoms with E-state index in [1.807, 2.05) is 0 Å². The van der Waals surface area contributed by atoms with Gasteiger partial charge in [-0.05, 0) is 0 Å². The van der Waals surface area contributed by atoms with Crippen LogP contribution >= 0.6 is 0 Å². The van der Waals surface area contributed by atoms with Crippen molar-refractivity contribution in [3.05, 3.63) is 10.4 Å². The first-order valence-corrected chi connectivity index (χ1v) is 2.72. The van der Waals surface area contributed by atoms with Gasteiger partial charge in [0.2, 0.25) is 0 Å². The van der Waals surface area contributed by atoms with E-state index in [0.29, 0.717) is 18.8 Å². The first kappa shape index (κ1) is 3.95. The van der Waals surface area contributed by atoms with Crippen molar-refractivity contribution in [3.8, 4) is 0 Å². The first-order chi connectivity index (χ1) is 1.91. The maximum absolute atomic E-state index is 7.38. The molecule has 0 unspecified atom stereocenters. The summed E-state index contributed by atoms with van der Waals surface area (Å²) in [5.41, 5.74) is 7.38. The monoisotopic (exact) mass is 113 g/mol. The summed E-state index contributed by atoms with van der Waals surface area (Å²) in [6.45, 7) is 0. The molecule has 0 aromatic rings.